The van der Waals surface area contributed by atoms with Crippen LogP contribution in [-0.4, -0.2) is 80.9 Å². The lowest BCUT2D eigenvalue weighted by Crippen LogP contribution is -2.33. The number of thioether (sulfide) groups is 1. The molecule has 17 heteroatoms. The molecule has 0 bridgehead atoms. The number of nitrogens with two attached hydrogens (primary N) is 2. The van der Waals surface area contributed by atoms with Crippen LogP contribution in [0.15, 0.2) is 71.8 Å². The number of fused-ring (bicyclic) bond motifs is 1. The normalized spacial score (nSPS) is 11.2. The summed E-state index contributed by atoms with van der Waals surface area (Å²) in [6.07, 6.45) is -0.965. The summed E-state index contributed by atoms with van der Waals surface area (Å²) in [5, 5.41) is 24.0. The van der Waals surface area contributed by atoms with Crippen molar-refractivity contribution in [1.29, 1.82) is 0 Å². The summed E-state index contributed by atoms with van der Waals surface area (Å²) >= 11 is 1.31. The molecule has 0 atom stereocenters. The van der Waals surface area contributed by atoms with E-state index >= 15 is 0 Å². The lowest BCUT2D eigenvalue weighted by Gasteiger charge is -2.15. The van der Waals surface area contributed by atoms with Crippen molar-refractivity contribution in [1.82, 2.24) is 14.7 Å². The Morgan fingerprint density at radius 1 is 1.04 bits per heavy atom. The average Bonchev–Trinajstić information content (AvgIpc) is 3.40. The van der Waals surface area contributed by atoms with Crippen molar-refractivity contribution in [2.75, 3.05) is 38.1 Å². The van der Waals surface area contributed by atoms with Gasteiger partial charge in [0.05, 0.1) is 29.7 Å². The summed E-state index contributed by atoms with van der Waals surface area (Å²) in [7, 11) is 0. The number of hydrazine groups is 1. The van der Waals surface area contributed by atoms with Gasteiger partial charge in [-0.1, -0.05) is 54.6 Å². The van der Waals surface area contributed by atoms with Gasteiger partial charge in [0.25, 0.3) is 11.1 Å². The van der Waals surface area contributed by atoms with E-state index in [9.17, 15) is 24.8 Å². The standard InChI is InChI=1S/C30H33N7O9S/c1-2-43-29-33-25-9-5-8-24(28(38)39)26(25)35(29)18-20-10-12-21(13-11-20)22-6-3-4-7-23(22)27(31)34-36(32)19-45-30(40)44-14-16-47-17-15-46-37(41)42/h3-13H,2,14-19,32H2,1H3,(H2,31,34)(H,38,39). The summed E-state index contributed by atoms with van der Waals surface area (Å²) in [6.45, 7) is 2.06. The number of para-hydroxylation sites is 1. The van der Waals surface area contributed by atoms with E-state index in [4.69, 9.17) is 25.8 Å². The van der Waals surface area contributed by atoms with Crippen molar-refractivity contribution in [2.24, 2.45) is 16.7 Å². The molecule has 0 aliphatic rings. The van der Waals surface area contributed by atoms with Crippen LogP contribution in [0.4, 0.5) is 4.79 Å². The number of benzene rings is 3. The molecule has 0 fully saturated rings. The van der Waals surface area contributed by atoms with Crippen LogP contribution in [0.25, 0.3) is 22.2 Å². The maximum absolute atomic E-state index is 11.9. The third-order valence-electron chi connectivity index (χ3n) is 6.47. The molecule has 47 heavy (non-hydrogen) atoms. The van der Waals surface area contributed by atoms with Gasteiger partial charge in [-0.25, -0.2) is 15.4 Å². The quantitative estimate of drug-likeness (QED) is 0.0214. The number of carbonyl (C=O) groups is 2. The van der Waals surface area contributed by atoms with E-state index in [0.717, 1.165) is 21.8 Å². The largest absolute Gasteiger partial charge is 0.510 e. The number of aromatic nitrogens is 2. The number of aromatic carboxylic acids is 1. The Balaban J connectivity index is 1.40. The first-order valence-corrected chi connectivity index (χ1v) is 15.4. The van der Waals surface area contributed by atoms with Crippen molar-refractivity contribution in [3.8, 4) is 17.1 Å². The zero-order valence-corrected chi connectivity index (χ0v) is 26.1. The Morgan fingerprint density at radius 2 is 1.77 bits per heavy atom. The van der Waals surface area contributed by atoms with Gasteiger partial charge in [-0.2, -0.15) is 21.9 Å². The zero-order valence-electron chi connectivity index (χ0n) is 25.3. The van der Waals surface area contributed by atoms with E-state index < -0.39 is 23.9 Å². The van der Waals surface area contributed by atoms with Crippen LogP contribution in [0, 0.1) is 10.1 Å². The van der Waals surface area contributed by atoms with E-state index in [0.29, 0.717) is 47.3 Å². The highest BCUT2D eigenvalue weighted by Crippen LogP contribution is 2.28. The predicted octanol–water partition coefficient (Wildman–Crippen LogP) is 3.70. The Kier molecular flexibility index (Phi) is 12.2. The summed E-state index contributed by atoms with van der Waals surface area (Å²) in [4.78, 5) is 42.6. The van der Waals surface area contributed by atoms with Crippen LogP contribution in [0.2, 0.25) is 0 Å². The van der Waals surface area contributed by atoms with E-state index in [1.54, 1.807) is 28.8 Å². The van der Waals surface area contributed by atoms with Crippen LogP contribution in [-0.2, 0) is 20.9 Å². The number of carboxylic acids is 1. The van der Waals surface area contributed by atoms with Gasteiger partial charge in [0.2, 0.25) is 0 Å². The Bertz CT molecular complexity index is 1730. The van der Waals surface area contributed by atoms with Crippen LogP contribution in [0.3, 0.4) is 0 Å². The van der Waals surface area contributed by atoms with Crippen LogP contribution < -0.4 is 16.3 Å². The van der Waals surface area contributed by atoms with Crippen molar-refractivity contribution in [2.45, 2.75) is 13.5 Å². The molecule has 0 aliphatic heterocycles. The van der Waals surface area contributed by atoms with E-state index in [1.165, 1.54) is 17.8 Å². The number of amidine groups is 1. The Labute approximate surface area is 272 Å². The molecule has 16 nitrogen and oxygen atoms in total. The fraction of sp³-hybridized carbons (Fsp3) is 0.267. The smallest absolute Gasteiger partial charge is 0.478 e. The monoisotopic (exact) mass is 667 g/mol. The number of carbonyl (C=O) groups excluding carboxylic acids is 1. The lowest BCUT2D eigenvalue weighted by atomic mass is 9.98. The Morgan fingerprint density at radius 3 is 2.49 bits per heavy atom. The molecule has 0 radical (unpaired) electrons. The summed E-state index contributed by atoms with van der Waals surface area (Å²) < 4.78 is 17.4. The van der Waals surface area contributed by atoms with E-state index in [1.807, 2.05) is 43.3 Å². The minimum absolute atomic E-state index is 0.0279. The highest BCUT2D eigenvalue weighted by molar-refractivity contribution is 7.99. The summed E-state index contributed by atoms with van der Waals surface area (Å²) in [5.74, 6) is 5.65. The maximum atomic E-state index is 11.9. The minimum atomic E-state index is -1.06. The second-order valence-corrected chi connectivity index (χ2v) is 10.8. The third kappa shape index (κ3) is 9.47. The SMILES string of the molecule is CCOc1nc2cccc(C(=O)O)c2n1Cc1ccc(-c2ccccc2/C(N)=N/N(N)COC(=O)OCCSCCO[N+](=O)[O-])cc1. The number of imidazole rings is 1. The molecule has 4 aromatic rings. The molecule has 3 aromatic carbocycles. The van der Waals surface area contributed by atoms with E-state index in [-0.39, 0.29) is 24.6 Å². The Hall–Kier alpha value is -5.55. The summed E-state index contributed by atoms with van der Waals surface area (Å²) in [5.41, 5.74) is 10.5. The van der Waals surface area contributed by atoms with Gasteiger partial charge in [-0.3, -0.25) is 4.57 Å². The molecule has 0 saturated carbocycles. The van der Waals surface area contributed by atoms with Crippen molar-refractivity contribution >= 4 is 40.8 Å². The van der Waals surface area contributed by atoms with Gasteiger partial charge in [0.15, 0.2) is 12.6 Å². The molecule has 0 unspecified atom stereocenters. The highest BCUT2D eigenvalue weighted by Gasteiger charge is 2.19. The van der Waals surface area contributed by atoms with Crippen molar-refractivity contribution < 1.29 is 38.8 Å². The van der Waals surface area contributed by atoms with Gasteiger partial charge >= 0.3 is 12.1 Å². The van der Waals surface area contributed by atoms with Gasteiger partial charge in [-0.05, 0) is 35.7 Å². The van der Waals surface area contributed by atoms with Gasteiger partial charge in [0.1, 0.15) is 13.2 Å². The minimum Gasteiger partial charge on any atom is -0.478 e. The number of hydrazone groups is 1. The molecule has 4 rings (SSSR count). The van der Waals surface area contributed by atoms with Gasteiger partial charge < -0.3 is 29.9 Å². The molecule has 5 N–H and O–H groups in total. The number of nitrogens with zero attached hydrogens (tertiary/aromatic N) is 5. The van der Waals surface area contributed by atoms with Gasteiger partial charge in [0, 0.05) is 17.1 Å². The van der Waals surface area contributed by atoms with Crippen molar-refractivity contribution in [3.63, 3.8) is 0 Å². The van der Waals surface area contributed by atoms with Crippen LogP contribution in [0.1, 0.15) is 28.4 Å². The number of hydrogen-bond donors (Lipinski definition) is 3. The second-order valence-electron chi connectivity index (χ2n) is 9.60. The topological polar surface area (TPSA) is 220 Å². The zero-order chi connectivity index (χ0) is 33.8. The molecule has 248 valence electrons. The fourth-order valence-electron chi connectivity index (χ4n) is 4.49. The van der Waals surface area contributed by atoms with Crippen LogP contribution in [0.5, 0.6) is 6.01 Å². The fourth-order valence-corrected chi connectivity index (χ4v) is 5.09. The first-order chi connectivity index (χ1) is 22.7. The van der Waals surface area contributed by atoms with Crippen LogP contribution >= 0.6 is 11.8 Å². The molecule has 0 saturated heterocycles. The molecule has 0 amide bonds. The second kappa shape index (κ2) is 16.7. The molecule has 1 heterocycles. The lowest BCUT2D eigenvalue weighted by molar-refractivity contribution is -0.756. The molecule has 0 aliphatic carbocycles. The highest BCUT2D eigenvalue weighted by atomic mass is 32.2. The molecule has 0 spiro atoms. The average molecular weight is 668 g/mol. The first-order valence-electron chi connectivity index (χ1n) is 14.2. The number of ether oxygens (including phenoxy) is 3. The molecular weight excluding hydrogens is 634 g/mol. The predicted molar refractivity (Wildman–Crippen MR) is 173 cm³/mol. The first kappa shape index (κ1) is 34.3. The van der Waals surface area contributed by atoms with Gasteiger partial charge in [-0.15, -0.1) is 15.2 Å². The number of rotatable bonds is 17. The third-order valence-corrected chi connectivity index (χ3v) is 7.38. The number of carboxylic acid groups (broad SMARTS) is 1. The van der Waals surface area contributed by atoms with Crippen molar-refractivity contribution in [3.05, 3.63) is 93.5 Å². The molecule has 1 aromatic heterocycles. The summed E-state index contributed by atoms with van der Waals surface area (Å²) in [6, 6.07) is 20.2. The maximum Gasteiger partial charge on any atom is 0.510 e. The molecular formula is C30H33N7O9S. The van der Waals surface area contributed by atoms with E-state index in [2.05, 4.69) is 14.9 Å². The number of hydrogen-bond acceptors (Lipinski definition) is 13.